The molecule has 1 aromatic carbocycles. The van der Waals surface area contributed by atoms with Gasteiger partial charge in [-0.2, -0.15) is 5.10 Å². The number of benzene rings is 1. The van der Waals surface area contributed by atoms with Crippen LogP contribution in [0.2, 0.25) is 0 Å². The van der Waals surface area contributed by atoms with E-state index in [4.69, 9.17) is 4.74 Å². The minimum absolute atomic E-state index is 0.0928. The molecule has 0 amide bonds. The number of methoxy groups -OCH3 is 1. The molecule has 1 unspecified atom stereocenters. The van der Waals surface area contributed by atoms with E-state index in [0.29, 0.717) is 17.8 Å². The van der Waals surface area contributed by atoms with Gasteiger partial charge in [0.15, 0.2) is 5.69 Å². The maximum Gasteiger partial charge on any atom is 0.354 e. The van der Waals surface area contributed by atoms with Gasteiger partial charge in [0.2, 0.25) is 0 Å². The quantitative estimate of drug-likeness (QED) is 0.738. The largest absolute Gasteiger partial charge is 0.497 e. The normalized spacial score (nSPS) is 12.1. The van der Waals surface area contributed by atoms with Gasteiger partial charge in [0, 0.05) is 19.5 Å². The Hall–Kier alpha value is -3.16. The summed E-state index contributed by atoms with van der Waals surface area (Å²) in [5, 5.41) is 21.5. The summed E-state index contributed by atoms with van der Waals surface area (Å²) in [6, 6.07) is 7.89. The molecule has 0 radical (unpaired) electrons. The molecule has 3 rings (SSSR count). The van der Waals surface area contributed by atoms with Crippen LogP contribution in [0.5, 0.6) is 5.75 Å². The number of rotatable bonds is 6. The standard InChI is InChI=1S/C17H19N5O3/c1-11(12-4-6-13(25-3)7-5-12)9-22-10-15(19-20-22)14-8-18-21(2)16(14)17(23)24/h4-8,10-11H,9H2,1-3H3,(H,23,24). The molecular formula is C17H19N5O3. The van der Waals surface area contributed by atoms with Crippen LogP contribution >= 0.6 is 0 Å². The van der Waals surface area contributed by atoms with Gasteiger partial charge in [-0.05, 0) is 17.7 Å². The lowest BCUT2D eigenvalue weighted by Crippen LogP contribution is -2.07. The van der Waals surface area contributed by atoms with E-state index in [1.165, 1.54) is 10.9 Å². The van der Waals surface area contributed by atoms with Gasteiger partial charge in [0.25, 0.3) is 0 Å². The first kappa shape index (κ1) is 16.7. The van der Waals surface area contributed by atoms with Gasteiger partial charge in [-0.3, -0.25) is 9.36 Å². The predicted molar refractivity (Wildman–Crippen MR) is 90.6 cm³/mol. The summed E-state index contributed by atoms with van der Waals surface area (Å²) in [6.07, 6.45) is 3.23. The molecule has 0 spiro atoms. The molecule has 0 aliphatic heterocycles. The van der Waals surface area contributed by atoms with Crippen LogP contribution in [0.1, 0.15) is 28.9 Å². The predicted octanol–water partition coefficient (Wildman–Crippen LogP) is 2.19. The van der Waals surface area contributed by atoms with Crippen molar-refractivity contribution in [3.8, 4) is 17.0 Å². The van der Waals surface area contributed by atoms with Crippen LogP contribution in [0.4, 0.5) is 0 Å². The van der Waals surface area contributed by atoms with Gasteiger partial charge in [-0.1, -0.05) is 24.3 Å². The molecule has 130 valence electrons. The highest BCUT2D eigenvalue weighted by molar-refractivity contribution is 5.93. The van der Waals surface area contributed by atoms with E-state index in [1.54, 1.807) is 25.0 Å². The zero-order valence-corrected chi connectivity index (χ0v) is 14.2. The molecule has 2 aromatic heterocycles. The fraction of sp³-hybridized carbons (Fsp3) is 0.294. The van der Waals surface area contributed by atoms with Crippen molar-refractivity contribution in [3.63, 3.8) is 0 Å². The molecule has 2 heterocycles. The van der Waals surface area contributed by atoms with E-state index in [1.807, 2.05) is 24.3 Å². The Kier molecular flexibility index (Phi) is 4.51. The monoisotopic (exact) mass is 341 g/mol. The fourth-order valence-electron chi connectivity index (χ4n) is 2.71. The summed E-state index contributed by atoms with van der Waals surface area (Å²) in [6.45, 7) is 2.72. The van der Waals surface area contributed by atoms with E-state index >= 15 is 0 Å². The SMILES string of the molecule is COc1ccc(C(C)Cn2cc(-c3cnn(C)c3C(=O)O)nn2)cc1. The van der Waals surface area contributed by atoms with Gasteiger partial charge >= 0.3 is 5.97 Å². The summed E-state index contributed by atoms with van der Waals surface area (Å²) in [7, 11) is 3.22. The van der Waals surface area contributed by atoms with Crippen LogP contribution in [0.15, 0.2) is 36.7 Å². The minimum atomic E-state index is -1.05. The highest BCUT2D eigenvalue weighted by Gasteiger charge is 2.20. The topological polar surface area (TPSA) is 95.1 Å². The molecule has 0 saturated carbocycles. The second kappa shape index (κ2) is 6.76. The molecule has 0 aliphatic carbocycles. The van der Waals surface area contributed by atoms with Crippen molar-refractivity contribution in [1.82, 2.24) is 24.8 Å². The number of carbonyl (C=O) groups is 1. The fourth-order valence-corrected chi connectivity index (χ4v) is 2.71. The molecule has 0 aliphatic rings. The van der Waals surface area contributed by atoms with Gasteiger partial charge in [0.05, 0.1) is 25.1 Å². The van der Waals surface area contributed by atoms with E-state index in [0.717, 1.165) is 11.3 Å². The number of aromatic carboxylic acids is 1. The smallest absolute Gasteiger partial charge is 0.354 e. The van der Waals surface area contributed by atoms with Crippen molar-refractivity contribution in [2.75, 3.05) is 7.11 Å². The number of aryl methyl sites for hydroxylation is 1. The second-order valence-corrected chi connectivity index (χ2v) is 5.84. The number of nitrogens with zero attached hydrogens (tertiary/aromatic N) is 5. The first-order valence-corrected chi connectivity index (χ1v) is 7.79. The Balaban J connectivity index is 1.78. The maximum absolute atomic E-state index is 11.4. The Morgan fingerprint density at radius 3 is 2.68 bits per heavy atom. The third-order valence-electron chi connectivity index (χ3n) is 4.10. The van der Waals surface area contributed by atoms with Crippen molar-refractivity contribution in [1.29, 1.82) is 0 Å². The Labute approximate surface area is 144 Å². The maximum atomic E-state index is 11.4. The molecule has 25 heavy (non-hydrogen) atoms. The van der Waals surface area contributed by atoms with Crippen LogP contribution < -0.4 is 4.74 Å². The van der Waals surface area contributed by atoms with Crippen LogP contribution in [0.3, 0.4) is 0 Å². The van der Waals surface area contributed by atoms with Crippen molar-refractivity contribution < 1.29 is 14.6 Å². The average Bonchev–Trinajstić information content (AvgIpc) is 3.21. The molecule has 0 bridgehead atoms. The van der Waals surface area contributed by atoms with Crippen LogP contribution in [-0.2, 0) is 13.6 Å². The van der Waals surface area contributed by atoms with E-state index < -0.39 is 5.97 Å². The second-order valence-electron chi connectivity index (χ2n) is 5.84. The number of hydrogen-bond donors (Lipinski definition) is 1. The number of carboxylic acids is 1. The summed E-state index contributed by atoms with van der Waals surface area (Å²) in [4.78, 5) is 11.4. The zero-order valence-electron chi connectivity index (χ0n) is 14.2. The molecule has 8 nitrogen and oxygen atoms in total. The van der Waals surface area contributed by atoms with Crippen LogP contribution in [0, 0.1) is 0 Å². The van der Waals surface area contributed by atoms with Gasteiger partial charge < -0.3 is 9.84 Å². The van der Waals surface area contributed by atoms with Crippen molar-refractivity contribution >= 4 is 5.97 Å². The molecule has 0 saturated heterocycles. The lowest BCUT2D eigenvalue weighted by atomic mass is 10.0. The first-order chi connectivity index (χ1) is 12.0. The summed E-state index contributed by atoms with van der Waals surface area (Å²) >= 11 is 0. The molecule has 8 heteroatoms. The molecule has 0 fully saturated rings. The number of carboxylic acid groups (broad SMARTS) is 1. The highest BCUT2D eigenvalue weighted by Crippen LogP contribution is 2.23. The minimum Gasteiger partial charge on any atom is -0.497 e. The number of aromatic nitrogens is 5. The first-order valence-electron chi connectivity index (χ1n) is 7.79. The molecular weight excluding hydrogens is 322 g/mol. The number of hydrogen-bond acceptors (Lipinski definition) is 5. The Morgan fingerprint density at radius 1 is 1.32 bits per heavy atom. The average molecular weight is 341 g/mol. The zero-order chi connectivity index (χ0) is 18.0. The van der Waals surface area contributed by atoms with Gasteiger partial charge in [0.1, 0.15) is 11.4 Å². The molecule has 3 aromatic rings. The van der Waals surface area contributed by atoms with E-state index in [9.17, 15) is 9.90 Å². The van der Waals surface area contributed by atoms with Gasteiger partial charge in [-0.15, -0.1) is 5.10 Å². The van der Waals surface area contributed by atoms with Crippen molar-refractivity contribution in [3.05, 3.63) is 47.9 Å². The summed E-state index contributed by atoms with van der Waals surface area (Å²) in [5.41, 5.74) is 2.20. The lowest BCUT2D eigenvalue weighted by Gasteiger charge is -2.12. The Morgan fingerprint density at radius 2 is 2.04 bits per heavy atom. The third-order valence-corrected chi connectivity index (χ3v) is 4.10. The van der Waals surface area contributed by atoms with E-state index in [2.05, 4.69) is 22.3 Å². The highest BCUT2D eigenvalue weighted by atomic mass is 16.5. The molecule has 1 atom stereocenters. The van der Waals surface area contributed by atoms with E-state index in [-0.39, 0.29) is 11.6 Å². The number of ether oxygens (including phenoxy) is 1. The third kappa shape index (κ3) is 3.37. The van der Waals surface area contributed by atoms with Crippen LogP contribution in [0.25, 0.3) is 11.3 Å². The van der Waals surface area contributed by atoms with Crippen LogP contribution in [-0.4, -0.2) is 43.0 Å². The lowest BCUT2D eigenvalue weighted by molar-refractivity contribution is 0.0686. The van der Waals surface area contributed by atoms with Gasteiger partial charge in [-0.25, -0.2) is 4.79 Å². The molecule has 1 N–H and O–H groups in total. The Bertz CT molecular complexity index is 882. The van der Waals surface area contributed by atoms with Crippen molar-refractivity contribution in [2.45, 2.75) is 19.4 Å². The summed E-state index contributed by atoms with van der Waals surface area (Å²) < 4.78 is 8.20. The summed E-state index contributed by atoms with van der Waals surface area (Å²) in [5.74, 6) is -0.0128. The van der Waals surface area contributed by atoms with Crippen molar-refractivity contribution in [2.24, 2.45) is 7.05 Å².